The van der Waals surface area contributed by atoms with E-state index in [0.29, 0.717) is 11.6 Å². The molecule has 2 aromatic rings. The van der Waals surface area contributed by atoms with Crippen molar-refractivity contribution in [1.29, 1.82) is 0 Å². The molecule has 0 radical (unpaired) electrons. The summed E-state index contributed by atoms with van der Waals surface area (Å²) in [5, 5.41) is 11.0. The second-order valence-electron chi connectivity index (χ2n) is 9.11. The molecule has 2 saturated heterocycles. The first-order valence-electron chi connectivity index (χ1n) is 10.8. The minimum Gasteiger partial charge on any atom is -0.490 e. The third-order valence-electron chi connectivity index (χ3n) is 5.98. The van der Waals surface area contributed by atoms with Gasteiger partial charge in [-0.2, -0.15) is 0 Å². The Bertz CT molecular complexity index is 840. The fourth-order valence-electron chi connectivity index (χ4n) is 4.50. The lowest BCUT2D eigenvalue weighted by Gasteiger charge is -2.34. The Morgan fingerprint density at radius 1 is 1.21 bits per heavy atom. The van der Waals surface area contributed by atoms with Crippen LogP contribution in [0.2, 0.25) is 0 Å². The molecule has 1 aromatic carbocycles. The van der Waals surface area contributed by atoms with E-state index in [4.69, 9.17) is 9.47 Å². The predicted molar refractivity (Wildman–Crippen MR) is 112 cm³/mol. The number of nitrogens with zero attached hydrogens (tertiary/aromatic N) is 1. The van der Waals surface area contributed by atoms with Gasteiger partial charge in [0, 0.05) is 36.8 Å². The molecule has 158 valence electrons. The van der Waals surface area contributed by atoms with Gasteiger partial charge in [-0.05, 0) is 63.3 Å². The van der Waals surface area contributed by atoms with Gasteiger partial charge < -0.3 is 24.5 Å². The van der Waals surface area contributed by atoms with Crippen molar-refractivity contribution in [3.63, 3.8) is 0 Å². The largest absolute Gasteiger partial charge is 0.490 e. The molecule has 4 rings (SSSR count). The van der Waals surface area contributed by atoms with E-state index in [2.05, 4.69) is 4.98 Å². The molecule has 0 bridgehead atoms. The minimum atomic E-state index is -0.640. The Hall–Kier alpha value is -2.05. The quantitative estimate of drug-likeness (QED) is 0.802. The van der Waals surface area contributed by atoms with Gasteiger partial charge in [-0.1, -0.05) is 0 Å². The molecule has 29 heavy (non-hydrogen) atoms. The minimum absolute atomic E-state index is 0.0507. The zero-order valence-corrected chi connectivity index (χ0v) is 17.4. The standard InChI is InChI=1S/C23H32N2O4/c1-23(2,27)15-16-5-9-25(10-6-16)22(26)21-14-17-13-19(3-4-20(17)24-21)29-18-7-11-28-12-8-18/h3-4,13-14,16,18,24,27H,5-12,15H2,1-2H3. The lowest BCUT2D eigenvalue weighted by Crippen LogP contribution is -2.40. The van der Waals surface area contributed by atoms with Crippen LogP contribution >= 0.6 is 0 Å². The van der Waals surface area contributed by atoms with Crippen LogP contribution in [0, 0.1) is 5.92 Å². The molecule has 0 unspecified atom stereocenters. The molecule has 2 aliphatic rings. The van der Waals surface area contributed by atoms with Gasteiger partial charge in [0.15, 0.2) is 0 Å². The summed E-state index contributed by atoms with van der Waals surface area (Å²) in [5.41, 5.74) is 0.937. The van der Waals surface area contributed by atoms with Crippen molar-refractivity contribution in [2.24, 2.45) is 5.92 Å². The summed E-state index contributed by atoms with van der Waals surface area (Å²) in [4.78, 5) is 18.2. The van der Waals surface area contributed by atoms with Gasteiger partial charge in [-0.25, -0.2) is 0 Å². The number of fused-ring (bicyclic) bond motifs is 1. The summed E-state index contributed by atoms with van der Waals surface area (Å²) in [7, 11) is 0. The molecule has 0 saturated carbocycles. The maximum absolute atomic E-state index is 13.0. The third-order valence-corrected chi connectivity index (χ3v) is 5.98. The Labute approximate surface area is 172 Å². The number of nitrogens with one attached hydrogen (secondary N) is 1. The number of rotatable bonds is 5. The van der Waals surface area contributed by atoms with Gasteiger partial charge in [0.05, 0.1) is 18.8 Å². The van der Waals surface area contributed by atoms with Crippen LogP contribution < -0.4 is 4.74 Å². The second-order valence-corrected chi connectivity index (χ2v) is 9.11. The van der Waals surface area contributed by atoms with Gasteiger partial charge in [0.25, 0.3) is 5.91 Å². The van der Waals surface area contributed by atoms with Crippen LogP contribution in [0.5, 0.6) is 5.75 Å². The van der Waals surface area contributed by atoms with Crippen molar-refractivity contribution in [2.45, 2.75) is 57.7 Å². The van der Waals surface area contributed by atoms with E-state index in [1.807, 2.05) is 43.0 Å². The maximum Gasteiger partial charge on any atom is 0.270 e. The van der Waals surface area contributed by atoms with Gasteiger partial charge in [-0.3, -0.25) is 4.79 Å². The molecule has 3 heterocycles. The van der Waals surface area contributed by atoms with Crippen LogP contribution in [0.25, 0.3) is 10.9 Å². The topological polar surface area (TPSA) is 74.8 Å². The monoisotopic (exact) mass is 400 g/mol. The highest BCUT2D eigenvalue weighted by Crippen LogP contribution is 2.28. The highest BCUT2D eigenvalue weighted by molar-refractivity contribution is 5.98. The van der Waals surface area contributed by atoms with E-state index in [0.717, 1.165) is 75.1 Å². The van der Waals surface area contributed by atoms with Crippen LogP contribution in [-0.4, -0.2) is 58.9 Å². The van der Waals surface area contributed by atoms with Crippen molar-refractivity contribution in [3.8, 4) is 5.75 Å². The van der Waals surface area contributed by atoms with Gasteiger partial charge in [-0.15, -0.1) is 0 Å². The zero-order chi connectivity index (χ0) is 20.4. The SMILES string of the molecule is CC(C)(O)CC1CCN(C(=O)c2cc3cc(OC4CCOCC4)ccc3[nH]2)CC1. The summed E-state index contributed by atoms with van der Waals surface area (Å²) in [5.74, 6) is 1.37. The van der Waals surface area contributed by atoms with Crippen molar-refractivity contribution in [3.05, 3.63) is 30.0 Å². The smallest absolute Gasteiger partial charge is 0.270 e. The Morgan fingerprint density at radius 3 is 2.62 bits per heavy atom. The first-order valence-corrected chi connectivity index (χ1v) is 10.8. The van der Waals surface area contributed by atoms with Crippen molar-refractivity contribution in [2.75, 3.05) is 26.3 Å². The Morgan fingerprint density at radius 2 is 1.93 bits per heavy atom. The molecule has 6 nitrogen and oxygen atoms in total. The third kappa shape index (κ3) is 5.11. The van der Waals surface area contributed by atoms with Crippen LogP contribution in [0.15, 0.2) is 24.3 Å². The molecule has 2 aliphatic heterocycles. The Kier molecular flexibility index (Phi) is 5.83. The number of carbonyl (C=O) groups is 1. The number of carbonyl (C=O) groups excluding carboxylic acids is 1. The molecule has 0 spiro atoms. The summed E-state index contributed by atoms with van der Waals surface area (Å²) in [6.45, 7) is 6.70. The number of benzene rings is 1. The van der Waals surface area contributed by atoms with Gasteiger partial charge >= 0.3 is 0 Å². The number of piperidine rings is 1. The van der Waals surface area contributed by atoms with Crippen LogP contribution in [0.3, 0.4) is 0 Å². The molecule has 6 heteroatoms. The van der Waals surface area contributed by atoms with Gasteiger partial charge in [0.2, 0.25) is 0 Å². The molecule has 1 amide bonds. The summed E-state index contributed by atoms with van der Waals surface area (Å²) >= 11 is 0. The number of amides is 1. The van der Waals surface area contributed by atoms with Crippen LogP contribution in [0.1, 0.15) is 56.4 Å². The van der Waals surface area contributed by atoms with E-state index < -0.39 is 5.60 Å². The number of H-pyrrole nitrogens is 1. The molecule has 1 aromatic heterocycles. The van der Waals surface area contributed by atoms with Crippen molar-refractivity contribution < 1.29 is 19.4 Å². The van der Waals surface area contributed by atoms with E-state index in [-0.39, 0.29) is 12.0 Å². The summed E-state index contributed by atoms with van der Waals surface area (Å²) in [6, 6.07) is 7.88. The molecule has 0 aliphatic carbocycles. The number of hydrogen-bond donors (Lipinski definition) is 2. The van der Waals surface area contributed by atoms with Crippen LogP contribution in [0.4, 0.5) is 0 Å². The normalized spacial score (nSPS) is 19.6. The predicted octanol–water partition coefficient (Wildman–Crippen LogP) is 3.74. The zero-order valence-electron chi connectivity index (χ0n) is 17.4. The Balaban J connectivity index is 1.39. The summed E-state index contributed by atoms with van der Waals surface area (Å²) < 4.78 is 11.5. The number of aromatic nitrogens is 1. The maximum atomic E-state index is 13.0. The fraction of sp³-hybridized carbons (Fsp3) is 0.609. The number of aliphatic hydroxyl groups is 1. The fourth-order valence-corrected chi connectivity index (χ4v) is 4.50. The summed E-state index contributed by atoms with van der Waals surface area (Å²) in [6.07, 6.45) is 4.71. The number of hydrogen-bond acceptors (Lipinski definition) is 4. The average Bonchev–Trinajstić information content (AvgIpc) is 3.11. The van der Waals surface area contributed by atoms with Gasteiger partial charge in [0.1, 0.15) is 17.5 Å². The molecular weight excluding hydrogens is 368 g/mol. The molecule has 0 atom stereocenters. The molecular formula is C23H32N2O4. The van der Waals surface area contributed by atoms with Crippen molar-refractivity contribution >= 4 is 16.8 Å². The van der Waals surface area contributed by atoms with E-state index >= 15 is 0 Å². The van der Waals surface area contributed by atoms with Crippen molar-refractivity contribution in [1.82, 2.24) is 9.88 Å². The molecule has 2 fully saturated rings. The molecule has 2 N–H and O–H groups in total. The van der Waals surface area contributed by atoms with Crippen LogP contribution in [-0.2, 0) is 4.74 Å². The average molecular weight is 401 g/mol. The lowest BCUT2D eigenvalue weighted by atomic mass is 9.86. The van der Waals surface area contributed by atoms with E-state index in [1.165, 1.54) is 0 Å². The number of aromatic amines is 1. The number of likely N-dealkylation sites (tertiary alicyclic amines) is 1. The van der Waals surface area contributed by atoms with E-state index in [9.17, 15) is 9.90 Å². The first-order chi connectivity index (χ1) is 13.9. The number of ether oxygens (including phenoxy) is 2. The lowest BCUT2D eigenvalue weighted by molar-refractivity contribution is 0.0256. The highest BCUT2D eigenvalue weighted by atomic mass is 16.5. The first kappa shape index (κ1) is 20.2. The second kappa shape index (κ2) is 8.36. The highest BCUT2D eigenvalue weighted by Gasteiger charge is 2.28. The van der Waals surface area contributed by atoms with E-state index in [1.54, 1.807) is 0 Å².